The molecule has 0 heterocycles. The van der Waals surface area contributed by atoms with E-state index in [4.69, 9.17) is 0 Å². The highest BCUT2D eigenvalue weighted by molar-refractivity contribution is 6.12. The molecule has 0 saturated heterocycles. The molecule has 0 N–H and O–H groups in total. The van der Waals surface area contributed by atoms with Crippen molar-refractivity contribution < 1.29 is 9.18 Å². The largest absolute Gasteiger partial charge is 0.289 e. The van der Waals surface area contributed by atoms with Gasteiger partial charge in [-0.1, -0.05) is 53.7 Å². The summed E-state index contributed by atoms with van der Waals surface area (Å²) in [5.74, 6) is -0.146. The van der Waals surface area contributed by atoms with Crippen LogP contribution < -0.4 is 0 Å². The second-order valence-corrected chi connectivity index (χ2v) is 8.14. The summed E-state index contributed by atoms with van der Waals surface area (Å²) in [5, 5.41) is 0. The Bertz CT molecular complexity index is 683. The van der Waals surface area contributed by atoms with E-state index >= 15 is 0 Å². The number of carbonyl (C=O) groups is 1. The fraction of sp³-hybridized carbons (Fsp3) is 0.381. The van der Waals surface area contributed by atoms with Crippen molar-refractivity contribution in [3.63, 3.8) is 0 Å². The normalized spacial score (nSPS) is 16.1. The Hall–Kier alpha value is -1.96. The van der Waals surface area contributed by atoms with E-state index in [1.807, 2.05) is 65.8 Å². The molecule has 2 heteroatoms. The van der Waals surface area contributed by atoms with Gasteiger partial charge in [0.2, 0.25) is 0 Å². The van der Waals surface area contributed by atoms with E-state index in [1.165, 1.54) is 12.1 Å². The lowest BCUT2D eigenvalue weighted by atomic mass is 9.72. The van der Waals surface area contributed by atoms with Crippen molar-refractivity contribution in [2.24, 2.45) is 10.8 Å². The number of halogens is 1. The third kappa shape index (κ3) is 4.07. The summed E-state index contributed by atoms with van der Waals surface area (Å²) in [7, 11) is 0. The van der Waals surface area contributed by atoms with Crippen molar-refractivity contribution in [3.05, 3.63) is 64.5 Å². The lowest BCUT2D eigenvalue weighted by Crippen LogP contribution is -2.27. The van der Waals surface area contributed by atoms with Crippen molar-refractivity contribution in [1.82, 2.24) is 0 Å². The Labute approximate surface area is 138 Å². The molecule has 0 fully saturated rings. The molecule has 0 aliphatic heterocycles. The summed E-state index contributed by atoms with van der Waals surface area (Å²) >= 11 is 0. The number of allylic oxidation sites excluding steroid dienone is 5. The molecule has 1 aromatic carbocycles. The highest BCUT2D eigenvalue weighted by atomic mass is 19.1. The van der Waals surface area contributed by atoms with Gasteiger partial charge >= 0.3 is 0 Å². The molecule has 1 aromatic rings. The number of carbonyl (C=O) groups excluding carboxylic acids is 1. The fourth-order valence-electron chi connectivity index (χ4n) is 2.64. The average Bonchev–Trinajstić information content (AvgIpc) is 2.38. The maximum absolute atomic E-state index is 13.4. The van der Waals surface area contributed by atoms with Gasteiger partial charge in [0, 0.05) is 11.1 Å². The minimum absolute atomic E-state index is 0.112. The lowest BCUT2D eigenvalue weighted by Gasteiger charge is -2.31. The molecular formula is C21H25FO. The van der Waals surface area contributed by atoms with Gasteiger partial charge in [0.25, 0.3) is 0 Å². The van der Waals surface area contributed by atoms with Gasteiger partial charge in [-0.15, -0.1) is 0 Å². The van der Waals surface area contributed by atoms with Crippen LogP contribution in [0.1, 0.15) is 47.1 Å². The number of Topliss-reactive ketones (excluding diaryl/α,β-unsaturated/α-hetero) is 1. The van der Waals surface area contributed by atoms with Gasteiger partial charge in [0.05, 0.1) is 0 Å². The minimum Gasteiger partial charge on any atom is -0.289 e. The van der Waals surface area contributed by atoms with Crippen molar-refractivity contribution >= 4 is 11.9 Å². The van der Waals surface area contributed by atoms with Crippen LogP contribution in [0.2, 0.25) is 0 Å². The van der Waals surface area contributed by atoms with Crippen molar-refractivity contribution in [2.45, 2.75) is 41.5 Å². The van der Waals surface area contributed by atoms with Crippen LogP contribution >= 0.6 is 0 Å². The molecule has 0 bridgehead atoms. The summed E-state index contributed by atoms with van der Waals surface area (Å²) in [6.07, 6.45) is 5.79. The molecule has 0 radical (unpaired) electrons. The molecule has 122 valence electrons. The highest BCUT2D eigenvalue weighted by Gasteiger charge is 2.33. The van der Waals surface area contributed by atoms with Gasteiger partial charge in [-0.05, 0) is 52.3 Å². The van der Waals surface area contributed by atoms with E-state index in [-0.39, 0.29) is 22.4 Å². The Morgan fingerprint density at radius 1 is 0.913 bits per heavy atom. The smallest absolute Gasteiger partial charge is 0.186 e. The Morgan fingerprint density at radius 2 is 1.43 bits per heavy atom. The zero-order valence-electron chi connectivity index (χ0n) is 14.8. The molecule has 0 spiro atoms. The van der Waals surface area contributed by atoms with Crippen LogP contribution in [0.3, 0.4) is 0 Å². The number of hydrogen-bond donors (Lipinski definition) is 0. The van der Waals surface area contributed by atoms with E-state index in [1.54, 1.807) is 6.07 Å². The van der Waals surface area contributed by atoms with E-state index in [2.05, 4.69) is 0 Å². The standard InChI is InChI=1S/C21H25FO/c1-20(2,3)17-12-15(10-14-8-7-9-16(22)11-14)13-18(19(17)23)21(4,5)6/h7-13H,1-6H3. The SMILES string of the molecule is CC(C)(C)C1=CC(=Cc2cccc(F)c2)C=C(C(C)(C)C)C1=O. The van der Waals surface area contributed by atoms with Gasteiger partial charge in [-0.2, -0.15) is 0 Å². The van der Waals surface area contributed by atoms with Gasteiger partial charge in [0.1, 0.15) is 5.82 Å². The van der Waals surface area contributed by atoms with E-state index in [0.717, 1.165) is 22.3 Å². The predicted octanol–water partition coefficient (Wildman–Crippen LogP) is 5.74. The number of benzene rings is 1. The number of rotatable bonds is 1. The van der Waals surface area contributed by atoms with Gasteiger partial charge in [0.15, 0.2) is 5.78 Å². The molecule has 1 aliphatic carbocycles. The van der Waals surface area contributed by atoms with Crippen molar-refractivity contribution in [2.75, 3.05) is 0 Å². The fourth-order valence-corrected chi connectivity index (χ4v) is 2.64. The Kier molecular flexibility index (Phi) is 4.48. The zero-order valence-corrected chi connectivity index (χ0v) is 14.8. The summed E-state index contributed by atoms with van der Waals surface area (Å²) < 4.78 is 13.4. The maximum atomic E-state index is 13.4. The number of ketones is 1. The molecule has 0 unspecified atom stereocenters. The Morgan fingerprint density at radius 3 is 1.87 bits per heavy atom. The van der Waals surface area contributed by atoms with Crippen LogP contribution in [0, 0.1) is 16.6 Å². The number of hydrogen-bond acceptors (Lipinski definition) is 1. The highest BCUT2D eigenvalue weighted by Crippen LogP contribution is 2.39. The first kappa shape index (κ1) is 17.4. The second-order valence-electron chi connectivity index (χ2n) is 8.14. The summed E-state index contributed by atoms with van der Waals surface area (Å²) in [6, 6.07) is 6.48. The average molecular weight is 312 g/mol. The molecule has 2 rings (SSSR count). The first-order chi connectivity index (χ1) is 10.5. The third-order valence-corrected chi connectivity index (χ3v) is 3.91. The molecule has 0 amide bonds. The van der Waals surface area contributed by atoms with Crippen LogP contribution in [0.5, 0.6) is 0 Å². The zero-order chi connectivity index (χ0) is 17.4. The third-order valence-electron chi connectivity index (χ3n) is 3.91. The monoisotopic (exact) mass is 312 g/mol. The van der Waals surface area contributed by atoms with Gasteiger partial charge in [-0.25, -0.2) is 4.39 Å². The minimum atomic E-state index is -0.258. The molecule has 0 atom stereocenters. The first-order valence-electron chi connectivity index (χ1n) is 7.95. The van der Waals surface area contributed by atoms with E-state index in [0.29, 0.717) is 0 Å². The molecule has 1 aliphatic rings. The van der Waals surface area contributed by atoms with E-state index in [9.17, 15) is 9.18 Å². The molecular weight excluding hydrogens is 287 g/mol. The quantitative estimate of drug-likeness (QED) is 0.646. The first-order valence-corrected chi connectivity index (χ1v) is 7.95. The molecule has 1 nitrogen and oxygen atoms in total. The van der Waals surface area contributed by atoms with Crippen LogP contribution in [-0.2, 0) is 4.79 Å². The van der Waals surface area contributed by atoms with Crippen LogP contribution in [0.25, 0.3) is 6.08 Å². The van der Waals surface area contributed by atoms with E-state index < -0.39 is 0 Å². The van der Waals surface area contributed by atoms with Gasteiger partial charge in [-0.3, -0.25) is 4.79 Å². The maximum Gasteiger partial charge on any atom is 0.186 e. The van der Waals surface area contributed by atoms with Crippen molar-refractivity contribution in [3.8, 4) is 0 Å². The summed E-state index contributed by atoms with van der Waals surface area (Å²) in [4.78, 5) is 12.8. The summed E-state index contributed by atoms with van der Waals surface area (Å²) in [6.45, 7) is 12.3. The topological polar surface area (TPSA) is 17.1 Å². The molecule has 0 aromatic heterocycles. The summed E-state index contributed by atoms with van der Waals surface area (Å²) in [5.41, 5.74) is 2.86. The predicted molar refractivity (Wildman–Crippen MR) is 94.5 cm³/mol. The van der Waals surface area contributed by atoms with Crippen LogP contribution in [-0.4, -0.2) is 5.78 Å². The Balaban J connectivity index is 2.58. The van der Waals surface area contributed by atoms with Crippen LogP contribution in [0.4, 0.5) is 4.39 Å². The van der Waals surface area contributed by atoms with Crippen molar-refractivity contribution in [1.29, 1.82) is 0 Å². The van der Waals surface area contributed by atoms with Gasteiger partial charge < -0.3 is 0 Å². The second kappa shape index (κ2) is 5.92. The van der Waals surface area contributed by atoms with Crippen LogP contribution in [0.15, 0.2) is 53.1 Å². The lowest BCUT2D eigenvalue weighted by molar-refractivity contribution is -0.114. The molecule has 23 heavy (non-hydrogen) atoms. The molecule has 0 saturated carbocycles.